The zero-order valence-corrected chi connectivity index (χ0v) is 10.5. The second-order valence-corrected chi connectivity index (χ2v) is 5.20. The molecule has 0 heterocycles. The van der Waals surface area contributed by atoms with Crippen molar-refractivity contribution in [3.63, 3.8) is 0 Å². The van der Waals surface area contributed by atoms with Crippen molar-refractivity contribution in [3.05, 3.63) is 34.1 Å². The number of hydrogen-bond donors (Lipinski definition) is 0. The Labute approximate surface area is 89.3 Å². The van der Waals surface area contributed by atoms with E-state index in [4.69, 9.17) is 11.6 Å². The summed E-state index contributed by atoms with van der Waals surface area (Å²) in [4.78, 5) is 0. The molecule has 0 amide bonds. The van der Waals surface area contributed by atoms with E-state index in [1.807, 2.05) is 13.8 Å². The average Bonchev–Trinajstić information content (AvgIpc) is 1.97. The van der Waals surface area contributed by atoms with Crippen molar-refractivity contribution in [3.8, 4) is 0 Å². The van der Waals surface area contributed by atoms with Gasteiger partial charge in [-0.1, -0.05) is 0 Å². The van der Waals surface area contributed by atoms with Crippen LogP contribution in [0.25, 0.3) is 0 Å². The van der Waals surface area contributed by atoms with Gasteiger partial charge in [0.1, 0.15) is 0 Å². The van der Waals surface area contributed by atoms with E-state index in [-0.39, 0.29) is 5.82 Å². The molecule has 0 aliphatic rings. The Morgan fingerprint density at radius 2 is 2.08 bits per heavy atom. The maximum absolute atomic E-state index is 13.2. The minimum absolute atomic E-state index is 0.222. The predicted octanol–water partition coefficient (Wildman–Crippen LogP) is 2.50. The third kappa shape index (κ3) is 1.88. The van der Waals surface area contributed by atoms with Gasteiger partial charge < -0.3 is 0 Å². The van der Waals surface area contributed by atoms with Gasteiger partial charge in [-0.15, -0.1) is 0 Å². The van der Waals surface area contributed by atoms with Crippen LogP contribution in [0.2, 0.25) is 5.02 Å². The van der Waals surface area contributed by atoms with Gasteiger partial charge in [-0.25, -0.2) is 0 Å². The Balaban J connectivity index is 3.43. The van der Waals surface area contributed by atoms with Gasteiger partial charge in [-0.2, -0.15) is 0 Å². The molecule has 0 aromatic heterocycles. The zero-order valence-electron chi connectivity index (χ0n) is 6.91. The van der Waals surface area contributed by atoms with Crippen molar-refractivity contribution in [2.75, 3.05) is 0 Å². The van der Waals surface area contributed by atoms with Crippen LogP contribution in [0.4, 0.5) is 4.39 Å². The topological polar surface area (TPSA) is 0 Å². The fourth-order valence-corrected chi connectivity index (χ4v) is 2.22. The zero-order chi connectivity index (χ0) is 9.30. The molecule has 0 aliphatic carbocycles. The molecule has 1 rings (SSSR count). The Kier molecular flexibility index (Phi) is 3.29. The fraction of sp³-hybridized carbons (Fsp3) is 0.222. The molecule has 12 heavy (non-hydrogen) atoms. The van der Waals surface area contributed by atoms with Crippen LogP contribution >= 0.6 is 11.6 Å². The Bertz CT molecular complexity index is 334. The van der Waals surface area contributed by atoms with Crippen LogP contribution < -0.4 is 0 Å². The van der Waals surface area contributed by atoms with Gasteiger partial charge in [0.25, 0.3) is 0 Å². The van der Waals surface area contributed by atoms with E-state index in [9.17, 15) is 4.39 Å². The van der Waals surface area contributed by atoms with Gasteiger partial charge in [0.2, 0.25) is 0 Å². The number of aryl methyl sites for hydroxylation is 1. The fourth-order valence-electron chi connectivity index (χ4n) is 1.00. The third-order valence-corrected chi connectivity index (χ3v) is 2.86. The molecule has 62 valence electrons. The molecule has 0 saturated carbocycles. The van der Waals surface area contributed by atoms with Crippen molar-refractivity contribution >= 4 is 37.2 Å². The van der Waals surface area contributed by atoms with Crippen LogP contribution in [0, 0.1) is 12.7 Å². The molecule has 0 saturated heterocycles. The maximum atomic E-state index is 13.2. The van der Waals surface area contributed by atoms with Crippen LogP contribution in [0.3, 0.4) is 0 Å². The summed E-state index contributed by atoms with van der Waals surface area (Å²) < 4.78 is 14.2. The molecule has 0 aliphatic heterocycles. The van der Waals surface area contributed by atoms with Gasteiger partial charge >= 0.3 is 89.5 Å². The Hall–Kier alpha value is 0.109. The summed E-state index contributed by atoms with van der Waals surface area (Å²) in [6.07, 6.45) is 0. The summed E-state index contributed by atoms with van der Waals surface area (Å²) >= 11 is 7.15. The average molecular weight is 289 g/mol. The van der Waals surface area contributed by atoms with Crippen LogP contribution in [0.15, 0.2) is 12.1 Å². The summed E-state index contributed by atoms with van der Waals surface area (Å²) in [5.41, 5.74) is 1.50. The third-order valence-electron chi connectivity index (χ3n) is 1.66. The summed E-state index contributed by atoms with van der Waals surface area (Å²) in [5, 5.41) is 0.546. The molecule has 1 aromatic rings. The van der Waals surface area contributed by atoms with Gasteiger partial charge in [0.05, 0.1) is 0 Å². The Morgan fingerprint density at radius 3 is 2.50 bits per heavy atom. The Morgan fingerprint density at radius 1 is 1.50 bits per heavy atom. The van der Waals surface area contributed by atoms with Gasteiger partial charge in [0.15, 0.2) is 0 Å². The second kappa shape index (κ2) is 3.88. The van der Waals surface area contributed by atoms with E-state index in [0.717, 1.165) is 9.08 Å². The van der Waals surface area contributed by atoms with Crippen LogP contribution in [0.1, 0.15) is 18.1 Å². The molecule has 0 spiro atoms. The van der Waals surface area contributed by atoms with Gasteiger partial charge in [-0.3, -0.25) is 0 Å². The molecular weight excluding hydrogens is 281 g/mol. The van der Waals surface area contributed by atoms with E-state index in [2.05, 4.69) is 0 Å². The standard InChI is InChI=1S/C9H8ClF.Sn/c1-3-7-8(11)5-4-6(2)9(7)10;/h4-5H,1-2H3;. The molecule has 2 radical (unpaired) electrons. The number of rotatable bonds is 1. The van der Waals surface area contributed by atoms with Gasteiger partial charge in [0, 0.05) is 0 Å². The monoisotopic (exact) mass is 290 g/mol. The first-order chi connectivity index (χ1) is 5.54. The number of benzene rings is 1. The molecule has 0 N–H and O–H groups in total. The molecule has 0 unspecified atom stereocenters. The molecule has 0 fully saturated rings. The first-order valence-corrected chi connectivity index (χ1v) is 5.34. The van der Waals surface area contributed by atoms with Crippen molar-refractivity contribution in [2.24, 2.45) is 0 Å². The molecule has 1 aromatic carbocycles. The second-order valence-electron chi connectivity index (χ2n) is 2.68. The van der Waals surface area contributed by atoms with E-state index in [1.54, 1.807) is 6.07 Å². The first-order valence-electron chi connectivity index (χ1n) is 3.54. The molecule has 3 heteroatoms. The summed E-state index contributed by atoms with van der Waals surface area (Å²) in [7, 11) is 0. The van der Waals surface area contributed by atoms with Gasteiger partial charge in [-0.05, 0) is 0 Å². The van der Waals surface area contributed by atoms with Crippen LogP contribution in [0.5, 0.6) is 0 Å². The predicted molar refractivity (Wildman–Crippen MR) is 51.7 cm³/mol. The summed E-state index contributed by atoms with van der Waals surface area (Å²) in [6.45, 7) is 3.77. The van der Waals surface area contributed by atoms with E-state index in [0.29, 0.717) is 10.6 Å². The van der Waals surface area contributed by atoms with E-state index in [1.165, 1.54) is 28.1 Å². The summed E-state index contributed by atoms with van der Waals surface area (Å²) in [5.74, 6) is -0.222. The molecule has 0 atom stereocenters. The summed E-state index contributed by atoms with van der Waals surface area (Å²) in [6, 6.07) is 3.16. The quantitative estimate of drug-likeness (QED) is 0.697. The molecular formula is C9H8ClFSn. The van der Waals surface area contributed by atoms with Crippen molar-refractivity contribution in [1.29, 1.82) is 0 Å². The molecule has 0 nitrogen and oxygen atoms in total. The number of halogens is 2. The minimum atomic E-state index is -0.222. The SMILES string of the molecule is C[C](=[Sn])c1c(F)ccc(C)c1Cl. The van der Waals surface area contributed by atoms with E-state index >= 15 is 0 Å². The van der Waals surface area contributed by atoms with Crippen LogP contribution in [-0.2, 0) is 0 Å². The molecule has 0 bridgehead atoms. The van der Waals surface area contributed by atoms with Crippen molar-refractivity contribution in [2.45, 2.75) is 13.8 Å². The normalized spacial score (nSPS) is 10.0. The van der Waals surface area contributed by atoms with Crippen molar-refractivity contribution in [1.82, 2.24) is 0 Å². The first kappa shape index (κ1) is 10.2. The van der Waals surface area contributed by atoms with Crippen LogP contribution in [-0.4, -0.2) is 25.6 Å². The van der Waals surface area contributed by atoms with Crippen molar-refractivity contribution < 1.29 is 4.39 Å². The van der Waals surface area contributed by atoms with E-state index < -0.39 is 0 Å². The number of hydrogen-bond acceptors (Lipinski definition) is 0.